The summed E-state index contributed by atoms with van der Waals surface area (Å²) in [6.45, 7) is 2.23. The van der Waals surface area contributed by atoms with Gasteiger partial charge in [-0.25, -0.2) is 13.1 Å². The molecule has 1 amide bonds. The monoisotopic (exact) mass is 490 g/mol. The molecule has 4 rings (SSSR count). The van der Waals surface area contributed by atoms with Crippen LogP contribution in [0, 0.1) is 6.92 Å². The van der Waals surface area contributed by atoms with Crippen LogP contribution in [0.1, 0.15) is 11.1 Å². The van der Waals surface area contributed by atoms with E-state index >= 15 is 0 Å². The van der Waals surface area contributed by atoms with E-state index in [1.165, 1.54) is 11.4 Å². The lowest BCUT2D eigenvalue weighted by Gasteiger charge is -2.20. The number of aryl methyl sites for hydroxylation is 1. The largest absolute Gasteiger partial charge is 0.484 e. The summed E-state index contributed by atoms with van der Waals surface area (Å²) in [6.07, 6.45) is 1.62. The van der Waals surface area contributed by atoms with Crippen LogP contribution in [0.5, 0.6) is 5.75 Å². The number of benzene rings is 3. The van der Waals surface area contributed by atoms with Crippen molar-refractivity contribution >= 4 is 27.4 Å². The van der Waals surface area contributed by atoms with E-state index in [1.807, 2.05) is 37.3 Å². The van der Waals surface area contributed by atoms with Gasteiger partial charge in [-0.1, -0.05) is 48.0 Å². The highest BCUT2D eigenvalue weighted by Crippen LogP contribution is 2.24. The van der Waals surface area contributed by atoms with Crippen LogP contribution in [0.3, 0.4) is 0 Å². The molecule has 0 fully saturated rings. The third-order valence-electron chi connectivity index (χ3n) is 5.41. The van der Waals surface area contributed by atoms with Gasteiger partial charge in [0, 0.05) is 13.1 Å². The summed E-state index contributed by atoms with van der Waals surface area (Å²) >= 11 is 0. The first kappa shape index (κ1) is 24.0. The quantitative estimate of drug-likeness (QED) is 0.382. The molecule has 0 aliphatic carbocycles. The Morgan fingerprint density at radius 3 is 2.34 bits per heavy atom. The second-order valence-electron chi connectivity index (χ2n) is 7.98. The van der Waals surface area contributed by atoms with E-state index in [-0.39, 0.29) is 17.4 Å². The number of rotatable bonds is 9. The van der Waals surface area contributed by atoms with Gasteiger partial charge in [0.05, 0.1) is 23.3 Å². The van der Waals surface area contributed by atoms with Crippen molar-refractivity contribution in [2.45, 2.75) is 18.4 Å². The first-order valence-electron chi connectivity index (χ1n) is 11.0. The van der Waals surface area contributed by atoms with E-state index in [0.29, 0.717) is 23.8 Å². The van der Waals surface area contributed by atoms with Crippen LogP contribution in [0.25, 0.3) is 0 Å². The van der Waals surface area contributed by atoms with Crippen molar-refractivity contribution < 1.29 is 17.9 Å². The summed E-state index contributed by atoms with van der Waals surface area (Å²) in [5.74, 6) is 0.687. The summed E-state index contributed by atoms with van der Waals surface area (Å²) in [4.78, 5) is 12.6. The SMILES string of the molecule is Cc1ccc(S(=O)(=O)N(C)c2ccc(OCC(=O)Nc3ccnn3Cc3ccccc3)cc2)cc1. The number of amides is 1. The van der Waals surface area contributed by atoms with E-state index < -0.39 is 10.0 Å². The molecule has 1 heterocycles. The molecule has 0 aliphatic rings. The van der Waals surface area contributed by atoms with Gasteiger partial charge < -0.3 is 10.1 Å². The second kappa shape index (κ2) is 10.4. The van der Waals surface area contributed by atoms with Gasteiger partial charge in [0.25, 0.3) is 15.9 Å². The van der Waals surface area contributed by atoms with Crippen LogP contribution >= 0.6 is 0 Å². The summed E-state index contributed by atoms with van der Waals surface area (Å²) in [6, 6.07) is 24.8. The molecule has 4 aromatic rings. The molecule has 0 unspecified atom stereocenters. The molecule has 9 heteroatoms. The molecular formula is C26H26N4O4S. The molecule has 0 saturated carbocycles. The number of hydrogen-bond acceptors (Lipinski definition) is 5. The molecule has 0 saturated heterocycles. The fraction of sp³-hybridized carbons (Fsp3) is 0.154. The van der Waals surface area contributed by atoms with Gasteiger partial charge in [-0.3, -0.25) is 9.10 Å². The van der Waals surface area contributed by atoms with Crippen LogP contribution < -0.4 is 14.4 Å². The zero-order valence-electron chi connectivity index (χ0n) is 19.5. The maximum atomic E-state index is 12.9. The number of nitrogens with one attached hydrogen (secondary N) is 1. The Balaban J connectivity index is 1.34. The number of anilines is 2. The molecule has 0 atom stereocenters. The van der Waals surface area contributed by atoms with Crippen molar-refractivity contribution in [1.82, 2.24) is 9.78 Å². The van der Waals surface area contributed by atoms with Crippen LogP contribution in [-0.2, 0) is 21.4 Å². The summed E-state index contributed by atoms with van der Waals surface area (Å²) in [5.41, 5.74) is 2.53. The minimum absolute atomic E-state index is 0.201. The highest BCUT2D eigenvalue weighted by atomic mass is 32.2. The Kier molecular flexibility index (Phi) is 7.17. The Morgan fingerprint density at radius 1 is 0.971 bits per heavy atom. The standard InChI is InChI=1S/C26H26N4O4S/c1-20-8-14-24(15-9-20)35(32,33)29(2)22-10-12-23(13-11-22)34-19-26(31)28-25-16-17-27-30(25)18-21-6-4-3-5-7-21/h3-17H,18-19H2,1-2H3,(H,28,31). The minimum Gasteiger partial charge on any atom is -0.484 e. The third-order valence-corrected chi connectivity index (χ3v) is 7.21. The van der Waals surface area contributed by atoms with Gasteiger partial charge in [-0.05, 0) is 48.9 Å². The molecule has 35 heavy (non-hydrogen) atoms. The molecule has 1 aromatic heterocycles. The number of nitrogens with zero attached hydrogens (tertiary/aromatic N) is 3. The van der Waals surface area contributed by atoms with Gasteiger partial charge >= 0.3 is 0 Å². The zero-order chi connectivity index (χ0) is 24.8. The Hall–Kier alpha value is -4.11. The lowest BCUT2D eigenvalue weighted by atomic mass is 10.2. The van der Waals surface area contributed by atoms with E-state index in [4.69, 9.17) is 4.74 Å². The van der Waals surface area contributed by atoms with Crippen LogP contribution in [0.4, 0.5) is 11.5 Å². The van der Waals surface area contributed by atoms with E-state index in [9.17, 15) is 13.2 Å². The van der Waals surface area contributed by atoms with Gasteiger partial charge in [0.15, 0.2) is 6.61 Å². The van der Waals surface area contributed by atoms with Crippen LogP contribution in [-0.4, -0.2) is 37.8 Å². The van der Waals surface area contributed by atoms with Crippen molar-refractivity contribution in [1.29, 1.82) is 0 Å². The van der Waals surface area contributed by atoms with Gasteiger partial charge in [-0.2, -0.15) is 5.10 Å². The fourth-order valence-electron chi connectivity index (χ4n) is 3.41. The molecule has 180 valence electrons. The van der Waals surface area contributed by atoms with Crippen molar-refractivity contribution in [3.63, 3.8) is 0 Å². The van der Waals surface area contributed by atoms with Crippen LogP contribution in [0.15, 0.2) is 96.0 Å². The van der Waals surface area contributed by atoms with Gasteiger partial charge in [0.1, 0.15) is 11.6 Å². The molecule has 0 spiro atoms. The van der Waals surface area contributed by atoms with E-state index in [0.717, 1.165) is 11.1 Å². The molecule has 0 bridgehead atoms. The Labute approximate surface area is 204 Å². The number of hydrogen-bond donors (Lipinski definition) is 1. The third kappa shape index (κ3) is 5.88. The average molecular weight is 491 g/mol. The zero-order valence-corrected chi connectivity index (χ0v) is 20.3. The number of carbonyl (C=O) groups excluding carboxylic acids is 1. The predicted octanol–water partition coefficient (Wildman–Crippen LogP) is 4.08. The number of aromatic nitrogens is 2. The Morgan fingerprint density at radius 2 is 1.66 bits per heavy atom. The smallest absolute Gasteiger partial charge is 0.264 e. The Bertz CT molecular complexity index is 1380. The topological polar surface area (TPSA) is 93.5 Å². The summed E-state index contributed by atoms with van der Waals surface area (Å²) < 4.78 is 34.2. The molecule has 0 radical (unpaired) electrons. The minimum atomic E-state index is -3.68. The molecule has 3 aromatic carbocycles. The van der Waals surface area contributed by atoms with E-state index in [1.54, 1.807) is 65.5 Å². The lowest BCUT2D eigenvalue weighted by Crippen LogP contribution is -2.26. The maximum absolute atomic E-state index is 12.9. The van der Waals surface area contributed by atoms with Crippen LogP contribution in [0.2, 0.25) is 0 Å². The lowest BCUT2D eigenvalue weighted by molar-refractivity contribution is -0.118. The molecular weight excluding hydrogens is 464 g/mol. The van der Waals surface area contributed by atoms with Gasteiger partial charge in [0.2, 0.25) is 0 Å². The predicted molar refractivity (Wildman–Crippen MR) is 135 cm³/mol. The highest BCUT2D eigenvalue weighted by Gasteiger charge is 2.21. The highest BCUT2D eigenvalue weighted by molar-refractivity contribution is 7.92. The molecule has 8 nitrogen and oxygen atoms in total. The molecule has 1 N–H and O–H groups in total. The first-order valence-corrected chi connectivity index (χ1v) is 12.4. The van der Waals surface area contributed by atoms with Crippen molar-refractivity contribution in [2.24, 2.45) is 0 Å². The summed E-state index contributed by atoms with van der Waals surface area (Å²) in [5, 5.41) is 7.06. The number of ether oxygens (including phenoxy) is 1. The fourth-order valence-corrected chi connectivity index (χ4v) is 4.60. The maximum Gasteiger partial charge on any atom is 0.264 e. The number of carbonyl (C=O) groups is 1. The van der Waals surface area contributed by atoms with Crippen molar-refractivity contribution in [3.05, 3.63) is 102 Å². The van der Waals surface area contributed by atoms with Crippen molar-refractivity contribution in [3.8, 4) is 5.75 Å². The average Bonchev–Trinajstić information content (AvgIpc) is 3.29. The van der Waals surface area contributed by atoms with E-state index in [2.05, 4.69) is 10.4 Å². The first-order chi connectivity index (χ1) is 16.8. The number of sulfonamides is 1. The second-order valence-corrected chi connectivity index (χ2v) is 9.95. The van der Waals surface area contributed by atoms with Gasteiger partial charge in [-0.15, -0.1) is 0 Å². The normalized spacial score (nSPS) is 11.1. The summed E-state index contributed by atoms with van der Waals surface area (Å²) in [7, 11) is -2.19. The van der Waals surface area contributed by atoms with Crippen molar-refractivity contribution in [2.75, 3.05) is 23.3 Å². The molecule has 0 aliphatic heterocycles.